The second-order valence-corrected chi connectivity index (χ2v) is 5.94. The fourth-order valence-corrected chi connectivity index (χ4v) is 2.72. The molecule has 0 aliphatic rings. The first-order valence-electron chi connectivity index (χ1n) is 7.92. The van der Waals surface area contributed by atoms with Gasteiger partial charge in [-0.1, -0.05) is 49.4 Å². The molecule has 2 aromatic carbocycles. The molecule has 4 nitrogen and oxygen atoms in total. The van der Waals surface area contributed by atoms with Crippen molar-refractivity contribution in [1.29, 1.82) is 0 Å². The topological polar surface area (TPSA) is 57.8 Å². The highest BCUT2D eigenvalue weighted by Crippen LogP contribution is 2.20. The fourth-order valence-electron chi connectivity index (χ4n) is 2.72. The zero-order valence-electron chi connectivity index (χ0n) is 13.4. The van der Waals surface area contributed by atoms with Crippen molar-refractivity contribution >= 4 is 16.9 Å². The molecule has 0 saturated heterocycles. The first kappa shape index (κ1) is 15.3. The Bertz CT molecular complexity index is 761. The van der Waals surface area contributed by atoms with E-state index in [4.69, 9.17) is 0 Å². The van der Waals surface area contributed by atoms with Gasteiger partial charge in [-0.15, -0.1) is 0 Å². The molecule has 4 heteroatoms. The second-order valence-electron chi connectivity index (χ2n) is 5.94. The van der Waals surface area contributed by atoms with Crippen LogP contribution in [0.25, 0.3) is 11.0 Å². The van der Waals surface area contributed by atoms with Crippen LogP contribution in [0.5, 0.6) is 0 Å². The Balaban J connectivity index is 1.63. The first-order valence-corrected chi connectivity index (χ1v) is 7.92. The van der Waals surface area contributed by atoms with Crippen LogP contribution in [0, 0.1) is 0 Å². The lowest BCUT2D eigenvalue weighted by molar-refractivity contribution is -0.122. The number of fused-ring (bicyclic) bond motifs is 1. The lowest BCUT2D eigenvalue weighted by atomic mass is 9.97. The summed E-state index contributed by atoms with van der Waals surface area (Å²) >= 11 is 0. The second kappa shape index (κ2) is 6.65. The van der Waals surface area contributed by atoms with Crippen molar-refractivity contribution < 1.29 is 4.79 Å². The van der Waals surface area contributed by atoms with Gasteiger partial charge in [0.05, 0.1) is 17.1 Å². The van der Waals surface area contributed by atoms with Crippen LogP contribution in [0.3, 0.4) is 0 Å². The molecule has 1 heterocycles. The van der Waals surface area contributed by atoms with Gasteiger partial charge in [-0.3, -0.25) is 4.79 Å². The van der Waals surface area contributed by atoms with Gasteiger partial charge in [-0.05, 0) is 30.5 Å². The highest BCUT2D eigenvalue weighted by Gasteiger charge is 2.16. The molecule has 0 saturated carbocycles. The number of aromatic amines is 1. The van der Waals surface area contributed by atoms with Crippen molar-refractivity contribution in [2.45, 2.75) is 32.2 Å². The molecule has 23 heavy (non-hydrogen) atoms. The number of hydrogen-bond acceptors (Lipinski definition) is 2. The third-order valence-corrected chi connectivity index (χ3v) is 4.06. The maximum atomic E-state index is 12.3. The number of rotatable bonds is 5. The molecule has 1 aromatic heterocycles. The molecule has 0 radical (unpaired) electrons. The van der Waals surface area contributed by atoms with Crippen LogP contribution < -0.4 is 5.32 Å². The molecule has 0 bridgehead atoms. The summed E-state index contributed by atoms with van der Waals surface area (Å²) in [6, 6.07) is 17.8. The number of H-pyrrole nitrogens is 1. The summed E-state index contributed by atoms with van der Waals surface area (Å²) in [6.07, 6.45) is 0.467. The van der Waals surface area contributed by atoms with Crippen LogP contribution in [-0.2, 0) is 4.79 Å². The number of benzene rings is 2. The number of nitrogens with one attached hydrogen (secondary N) is 2. The molecule has 2 N–H and O–H groups in total. The van der Waals surface area contributed by atoms with E-state index in [0.717, 1.165) is 16.9 Å². The van der Waals surface area contributed by atoms with E-state index in [1.807, 2.05) is 49.4 Å². The lowest BCUT2D eigenvalue weighted by Crippen LogP contribution is -2.28. The zero-order chi connectivity index (χ0) is 16.2. The number of aromatic nitrogens is 2. The summed E-state index contributed by atoms with van der Waals surface area (Å²) in [5.41, 5.74) is 3.08. The van der Waals surface area contributed by atoms with Crippen LogP contribution in [0.2, 0.25) is 0 Å². The average molecular weight is 307 g/mol. The van der Waals surface area contributed by atoms with Gasteiger partial charge in [-0.25, -0.2) is 4.98 Å². The smallest absolute Gasteiger partial charge is 0.221 e. The Kier molecular flexibility index (Phi) is 4.42. The third-order valence-electron chi connectivity index (χ3n) is 4.06. The van der Waals surface area contributed by atoms with E-state index in [-0.39, 0.29) is 17.9 Å². The third kappa shape index (κ3) is 3.59. The number of hydrogen-bond donors (Lipinski definition) is 2. The van der Waals surface area contributed by atoms with Crippen LogP contribution in [-0.4, -0.2) is 15.9 Å². The Morgan fingerprint density at radius 3 is 2.52 bits per heavy atom. The maximum Gasteiger partial charge on any atom is 0.221 e. The van der Waals surface area contributed by atoms with E-state index in [1.165, 1.54) is 5.56 Å². The first-order chi connectivity index (χ1) is 11.1. The molecule has 2 atom stereocenters. The van der Waals surface area contributed by atoms with Crippen molar-refractivity contribution in [2.75, 3.05) is 0 Å². The highest BCUT2D eigenvalue weighted by molar-refractivity contribution is 5.78. The predicted molar refractivity (Wildman–Crippen MR) is 92.1 cm³/mol. The summed E-state index contributed by atoms with van der Waals surface area (Å²) in [5, 5.41) is 3.03. The number of nitrogens with zero attached hydrogens (tertiary/aromatic N) is 1. The van der Waals surface area contributed by atoms with Gasteiger partial charge >= 0.3 is 0 Å². The van der Waals surface area contributed by atoms with Crippen molar-refractivity contribution in [3.05, 3.63) is 66.0 Å². The SMILES string of the molecule is C[C@H](CC(=O)N[C@H](C)c1nc2ccccc2[nH]1)c1ccccc1. The van der Waals surface area contributed by atoms with E-state index in [1.54, 1.807) is 0 Å². The molecular formula is C19H21N3O. The summed E-state index contributed by atoms with van der Waals surface area (Å²) in [4.78, 5) is 20.1. The Hall–Kier alpha value is -2.62. The molecule has 0 fully saturated rings. The van der Waals surface area contributed by atoms with Crippen molar-refractivity contribution in [1.82, 2.24) is 15.3 Å². The van der Waals surface area contributed by atoms with Gasteiger partial charge < -0.3 is 10.3 Å². The summed E-state index contributed by atoms with van der Waals surface area (Å²) < 4.78 is 0. The molecular weight excluding hydrogens is 286 g/mol. The van der Waals surface area contributed by atoms with Crippen molar-refractivity contribution in [2.24, 2.45) is 0 Å². The minimum absolute atomic E-state index is 0.0364. The minimum Gasteiger partial charge on any atom is -0.346 e. The molecule has 0 spiro atoms. The summed E-state index contributed by atoms with van der Waals surface area (Å²) in [5.74, 6) is 1.01. The van der Waals surface area contributed by atoms with Gasteiger partial charge in [0.15, 0.2) is 0 Å². The minimum atomic E-state index is -0.141. The monoisotopic (exact) mass is 307 g/mol. The van der Waals surface area contributed by atoms with Gasteiger partial charge in [0.25, 0.3) is 0 Å². The maximum absolute atomic E-state index is 12.3. The summed E-state index contributed by atoms with van der Waals surface area (Å²) in [7, 11) is 0. The average Bonchev–Trinajstić information content (AvgIpc) is 2.99. The molecule has 1 amide bonds. The van der Waals surface area contributed by atoms with Gasteiger partial charge in [0, 0.05) is 6.42 Å². The molecule has 0 unspecified atom stereocenters. The number of carbonyl (C=O) groups excluding carboxylic acids is 1. The highest BCUT2D eigenvalue weighted by atomic mass is 16.1. The predicted octanol–water partition coefficient (Wildman–Crippen LogP) is 3.93. The van der Waals surface area contributed by atoms with Crippen LogP contribution in [0.1, 0.15) is 43.6 Å². The van der Waals surface area contributed by atoms with E-state index in [0.29, 0.717) is 6.42 Å². The fraction of sp³-hybridized carbons (Fsp3) is 0.263. The number of para-hydroxylation sites is 2. The van der Waals surface area contributed by atoms with Crippen molar-refractivity contribution in [3.63, 3.8) is 0 Å². The lowest BCUT2D eigenvalue weighted by Gasteiger charge is -2.15. The van der Waals surface area contributed by atoms with Gasteiger partial charge in [0.2, 0.25) is 5.91 Å². The zero-order valence-corrected chi connectivity index (χ0v) is 13.4. The van der Waals surface area contributed by atoms with Gasteiger partial charge in [0.1, 0.15) is 5.82 Å². The quantitative estimate of drug-likeness (QED) is 0.750. The normalized spacial score (nSPS) is 13.7. The number of imidazole rings is 1. The molecule has 3 aromatic rings. The Morgan fingerprint density at radius 2 is 1.78 bits per heavy atom. The largest absolute Gasteiger partial charge is 0.346 e. The van der Waals surface area contributed by atoms with E-state index in [2.05, 4.69) is 34.3 Å². The summed E-state index contributed by atoms with van der Waals surface area (Å²) in [6.45, 7) is 4.02. The van der Waals surface area contributed by atoms with Crippen LogP contribution in [0.15, 0.2) is 54.6 Å². The van der Waals surface area contributed by atoms with Gasteiger partial charge in [-0.2, -0.15) is 0 Å². The van der Waals surface area contributed by atoms with Crippen LogP contribution in [0.4, 0.5) is 0 Å². The van der Waals surface area contributed by atoms with E-state index >= 15 is 0 Å². The molecule has 3 rings (SSSR count). The molecule has 118 valence electrons. The molecule has 0 aliphatic carbocycles. The van der Waals surface area contributed by atoms with E-state index < -0.39 is 0 Å². The molecule has 0 aliphatic heterocycles. The number of carbonyl (C=O) groups is 1. The Morgan fingerprint density at radius 1 is 1.09 bits per heavy atom. The van der Waals surface area contributed by atoms with Crippen LogP contribution >= 0.6 is 0 Å². The van der Waals surface area contributed by atoms with E-state index in [9.17, 15) is 4.79 Å². The number of amides is 1. The Labute approximate surface area is 136 Å². The standard InChI is InChI=1S/C19H21N3O/c1-13(15-8-4-3-5-9-15)12-18(23)20-14(2)19-21-16-10-6-7-11-17(16)22-19/h3-11,13-14H,12H2,1-2H3,(H,20,23)(H,21,22)/t13-,14-/m1/s1. The van der Waals surface area contributed by atoms with Crippen molar-refractivity contribution in [3.8, 4) is 0 Å².